The van der Waals surface area contributed by atoms with Gasteiger partial charge >= 0.3 is 0 Å². The molecule has 0 radical (unpaired) electrons. The first-order chi connectivity index (χ1) is 16.9. The van der Waals surface area contributed by atoms with Crippen LogP contribution in [0.15, 0.2) is 40.8 Å². The van der Waals surface area contributed by atoms with E-state index in [4.69, 9.17) is 9.40 Å². The molecule has 9 heteroatoms. The van der Waals surface area contributed by atoms with Gasteiger partial charge in [0.15, 0.2) is 24.4 Å². The van der Waals surface area contributed by atoms with Crippen molar-refractivity contribution in [2.24, 2.45) is 0 Å². The summed E-state index contributed by atoms with van der Waals surface area (Å²) >= 11 is 1.95. The molecule has 4 rings (SSSR count). The van der Waals surface area contributed by atoms with Gasteiger partial charge in [0.1, 0.15) is 11.2 Å². The number of aromatic nitrogens is 1. The Bertz CT molecular complexity index is 1150. The van der Waals surface area contributed by atoms with E-state index in [-0.39, 0.29) is 34.0 Å². The van der Waals surface area contributed by atoms with Crippen LogP contribution in [0.25, 0.3) is 22.6 Å². The molecule has 2 aliphatic heterocycles. The molecule has 0 N–H and O–H groups in total. The molecule has 2 heterocycles. The molecule has 0 amide bonds. The fraction of sp³-hybridized carbons (Fsp3) is 0.571. The molecule has 0 spiro atoms. The maximum Gasteiger partial charge on any atom is 0.203 e. The summed E-state index contributed by atoms with van der Waals surface area (Å²) in [5.41, 5.74) is 3.86. The van der Waals surface area contributed by atoms with Crippen LogP contribution in [0.1, 0.15) is 20.3 Å². The van der Waals surface area contributed by atoms with Crippen molar-refractivity contribution in [2.45, 2.75) is 20.3 Å². The van der Waals surface area contributed by atoms with Gasteiger partial charge in [0, 0.05) is 49.6 Å². The first kappa shape index (κ1) is 32.1. The van der Waals surface area contributed by atoms with Gasteiger partial charge in [-0.25, -0.2) is 9.56 Å². The first-order valence-corrected chi connectivity index (χ1v) is 14.5. The quantitative estimate of drug-likeness (QED) is 0.187. The van der Waals surface area contributed by atoms with Crippen molar-refractivity contribution in [1.29, 1.82) is 0 Å². The Balaban J connectivity index is 0.00000241. The number of hydrogen-bond acceptors (Lipinski definition) is 5. The van der Waals surface area contributed by atoms with Crippen molar-refractivity contribution in [3.63, 3.8) is 0 Å². The second-order valence-corrected chi connectivity index (χ2v) is 11.2. The maximum absolute atomic E-state index is 6.36. The summed E-state index contributed by atoms with van der Waals surface area (Å²) in [6.45, 7) is 14.4. The van der Waals surface area contributed by atoms with Crippen LogP contribution in [-0.2, 0) is 0 Å². The fourth-order valence-corrected chi connectivity index (χ4v) is 5.66. The lowest BCUT2D eigenvalue weighted by Crippen LogP contribution is -3.00. The van der Waals surface area contributed by atoms with Gasteiger partial charge in [-0.2, -0.15) is 11.8 Å². The Morgan fingerprint density at radius 2 is 1.78 bits per heavy atom. The predicted octanol–water partition coefficient (Wildman–Crippen LogP) is 1.28. The standard InChI is InChI=1S/C28H43N5OS.2BrH/c1-6-31(7-2)23-9-11-25-27(21-23)34-28-22-24(10-12-26(28)29-25)32-16-14-30(15-17-32)13-8-18-33(3,4)19-20-35-5;;/h9-12,21-22H,6-8,13-20H2,1-5H3;2*1H/q+2;;/p-1. The van der Waals surface area contributed by atoms with Crippen LogP contribution in [0.4, 0.5) is 5.69 Å². The number of rotatable bonds is 10. The van der Waals surface area contributed by atoms with Crippen LogP contribution in [0.3, 0.4) is 0 Å². The minimum atomic E-state index is 0. The molecule has 1 fully saturated rings. The predicted molar refractivity (Wildman–Crippen MR) is 161 cm³/mol. The molecule has 1 aromatic rings. The summed E-state index contributed by atoms with van der Waals surface area (Å²) < 4.78 is 9.97. The highest BCUT2D eigenvalue weighted by molar-refractivity contribution is 8.93. The van der Waals surface area contributed by atoms with Crippen LogP contribution in [0, 0.1) is 0 Å². The summed E-state index contributed by atoms with van der Waals surface area (Å²) in [4.78, 5) is 9.82. The van der Waals surface area contributed by atoms with E-state index in [1.165, 1.54) is 42.9 Å². The zero-order chi connectivity index (χ0) is 24.8. The average molecular weight is 659 g/mol. The molecular weight excluding hydrogens is 614 g/mol. The molecule has 0 bridgehead atoms. The summed E-state index contributed by atoms with van der Waals surface area (Å²) in [5.74, 6) is 2.10. The van der Waals surface area contributed by atoms with Gasteiger partial charge in [-0.05, 0) is 38.3 Å². The lowest BCUT2D eigenvalue weighted by atomic mass is 10.2. The molecular formula is C28H44Br2N5OS+. The Morgan fingerprint density at radius 1 is 1.05 bits per heavy atom. The van der Waals surface area contributed by atoms with Gasteiger partial charge in [-0.15, -0.1) is 17.0 Å². The lowest BCUT2D eigenvalue weighted by molar-refractivity contribution is -0.887. The van der Waals surface area contributed by atoms with Crippen molar-refractivity contribution < 1.29 is 25.9 Å². The van der Waals surface area contributed by atoms with Gasteiger partial charge in [0.25, 0.3) is 0 Å². The Hall–Kier alpha value is -1.13. The van der Waals surface area contributed by atoms with Crippen molar-refractivity contribution in [3.05, 3.63) is 41.8 Å². The number of fused-ring (bicyclic) bond motifs is 2. The van der Waals surface area contributed by atoms with E-state index in [9.17, 15) is 0 Å². The Kier molecular flexibility index (Phi) is 12.9. The average Bonchev–Trinajstić information content (AvgIpc) is 2.87. The molecule has 0 unspecified atom stereocenters. The number of hydrogen-bond donors (Lipinski definition) is 0. The molecule has 37 heavy (non-hydrogen) atoms. The second-order valence-electron chi connectivity index (χ2n) is 10.2. The number of halogens is 2. The van der Waals surface area contributed by atoms with Crippen molar-refractivity contribution >= 4 is 45.5 Å². The SMILES string of the molecule is Br.CCN(CC)c1ccc2nc3ccc(=[N+]4CCN(CCC[N+](C)(C)CCSC)CC4)cc-3oc2c1.[Br-]. The lowest BCUT2D eigenvalue weighted by Gasteiger charge is -2.31. The third-order valence-corrected chi connectivity index (χ3v) is 7.94. The highest BCUT2D eigenvalue weighted by atomic mass is 79.9. The monoisotopic (exact) mass is 656 g/mol. The van der Waals surface area contributed by atoms with Crippen LogP contribution in [0.2, 0.25) is 0 Å². The largest absolute Gasteiger partial charge is 1.00 e. The van der Waals surface area contributed by atoms with Crippen LogP contribution in [0.5, 0.6) is 0 Å². The highest BCUT2D eigenvalue weighted by Crippen LogP contribution is 2.27. The molecule has 1 aliphatic carbocycles. The number of nitrogens with zero attached hydrogens (tertiary/aromatic N) is 5. The third kappa shape index (κ3) is 8.43. The highest BCUT2D eigenvalue weighted by Gasteiger charge is 2.21. The summed E-state index contributed by atoms with van der Waals surface area (Å²) in [6, 6.07) is 12.8. The number of benzene rings is 2. The number of thioether (sulfide) groups is 1. The summed E-state index contributed by atoms with van der Waals surface area (Å²) in [5, 5.41) is 1.23. The van der Waals surface area contributed by atoms with Gasteiger partial charge in [0.2, 0.25) is 5.36 Å². The molecule has 1 saturated heterocycles. The van der Waals surface area contributed by atoms with E-state index < -0.39 is 0 Å². The molecule has 0 saturated carbocycles. The normalized spacial score (nSPS) is 14.5. The van der Waals surface area contributed by atoms with Gasteiger partial charge in [0.05, 0.1) is 46.3 Å². The minimum absolute atomic E-state index is 0. The zero-order valence-corrected chi connectivity index (χ0v) is 27.2. The van der Waals surface area contributed by atoms with Crippen LogP contribution < -0.4 is 31.8 Å². The Labute approximate surface area is 248 Å². The molecule has 0 atom stereocenters. The smallest absolute Gasteiger partial charge is 0.203 e. The minimum Gasteiger partial charge on any atom is -1.00 e. The molecule has 0 aromatic heterocycles. The van der Waals surface area contributed by atoms with E-state index in [2.05, 4.69) is 85.0 Å². The molecule has 3 aliphatic rings. The number of quaternary nitrogens is 1. The van der Waals surface area contributed by atoms with Crippen LogP contribution >= 0.6 is 28.7 Å². The van der Waals surface area contributed by atoms with Gasteiger partial charge in [-0.1, -0.05) is 0 Å². The fourth-order valence-electron chi connectivity index (χ4n) is 4.99. The van der Waals surface area contributed by atoms with Gasteiger partial charge in [-0.3, -0.25) is 4.90 Å². The van der Waals surface area contributed by atoms with E-state index in [0.717, 1.165) is 66.3 Å². The third-order valence-electron chi connectivity index (χ3n) is 7.35. The number of piperazine rings is 1. The number of anilines is 1. The summed E-state index contributed by atoms with van der Waals surface area (Å²) in [6.07, 6.45) is 3.47. The maximum atomic E-state index is 6.36. The molecule has 206 valence electrons. The van der Waals surface area contributed by atoms with Gasteiger partial charge < -0.3 is 30.8 Å². The summed E-state index contributed by atoms with van der Waals surface area (Å²) in [7, 11) is 4.73. The van der Waals surface area contributed by atoms with E-state index in [1.807, 2.05) is 11.8 Å². The second kappa shape index (κ2) is 14.9. The Morgan fingerprint density at radius 3 is 2.46 bits per heavy atom. The first-order valence-electron chi connectivity index (χ1n) is 13.1. The van der Waals surface area contributed by atoms with Crippen molar-refractivity contribution in [1.82, 2.24) is 14.5 Å². The molecule has 6 nitrogen and oxygen atoms in total. The topological polar surface area (TPSA) is 35.5 Å². The van der Waals surface area contributed by atoms with E-state index >= 15 is 0 Å². The van der Waals surface area contributed by atoms with Crippen LogP contribution in [-0.4, -0.2) is 99.4 Å². The molecule has 1 aromatic carbocycles. The van der Waals surface area contributed by atoms with Crippen molar-refractivity contribution in [2.75, 3.05) is 89.9 Å². The van der Waals surface area contributed by atoms with E-state index in [1.54, 1.807) is 0 Å². The van der Waals surface area contributed by atoms with Crippen molar-refractivity contribution in [3.8, 4) is 11.5 Å². The zero-order valence-electron chi connectivity index (χ0n) is 23.1. The van der Waals surface area contributed by atoms with E-state index in [0.29, 0.717) is 0 Å².